The van der Waals surface area contributed by atoms with Crippen LogP contribution in [0.15, 0.2) is 18.2 Å². The van der Waals surface area contributed by atoms with Crippen molar-refractivity contribution in [2.75, 3.05) is 6.61 Å². The zero-order valence-electron chi connectivity index (χ0n) is 9.06. The molecule has 1 aromatic carbocycles. The molecule has 2 atom stereocenters. The van der Waals surface area contributed by atoms with Crippen LogP contribution in [0.4, 0.5) is 0 Å². The summed E-state index contributed by atoms with van der Waals surface area (Å²) in [7, 11) is 0. The van der Waals surface area contributed by atoms with Crippen LogP contribution in [0.5, 0.6) is 11.5 Å². The molecule has 1 N–H and O–H groups in total. The third kappa shape index (κ3) is 2.07. The number of hydrogen-bond acceptors (Lipinski definition) is 3. The summed E-state index contributed by atoms with van der Waals surface area (Å²) >= 11 is 0. The summed E-state index contributed by atoms with van der Waals surface area (Å²) in [4.78, 5) is 0. The van der Waals surface area contributed by atoms with E-state index >= 15 is 0 Å². The molecule has 0 saturated heterocycles. The maximum atomic E-state index is 9.53. The average molecular weight is 208 g/mol. The third-order valence-electron chi connectivity index (χ3n) is 2.65. The van der Waals surface area contributed by atoms with Gasteiger partial charge in [-0.1, -0.05) is 6.92 Å². The molecule has 3 nitrogen and oxygen atoms in total. The van der Waals surface area contributed by atoms with Crippen molar-refractivity contribution in [2.45, 2.75) is 32.5 Å². The lowest BCUT2D eigenvalue weighted by atomic mass is 10.1. The van der Waals surface area contributed by atoms with Crippen molar-refractivity contribution < 1.29 is 14.6 Å². The Balaban J connectivity index is 2.16. The predicted octanol–water partition coefficient (Wildman–Crippen LogP) is 2.29. The molecular weight excluding hydrogens is 192 g/mol. The Morgan fingerprint density at radius 1 is 1.60 bits per heavy atom. The van der Waals surface area contributed by atoms with Gasteiger partial charge in [-0.2, -0.15) is 0 Å². The van der Waals surface area contributed by atoms with E-state index in [1.54, 1.807) is 0 Å². The standard InChI is InChI=1S/C12H16O3/c1-3-8(2)15-9-4-5-10-11(13)7-14-12(10)6-9/h4-6,8,11,13H,3,7H2,1-2H3. The van der Waals surface area contributed by atoms with E-state index in [-0.39, 0.29) is 6.10 Å². The van der Waals surface area contributed by atoms with Crippen molar-refractivity contribution in [2.24, 2.45) is 0 Å². The van der Waals surface area contributed by atoms with Gasteiger partial charge in [-0.3, -0.25) is 0 Å². The molecule has 3 heteroatoms. The summed E-state index contributed by atoms with van der Waals surface area (Å²) < 4.78 is 11.0. The van der Waals surface area contributed by atoms with Gasteiger partial charge in [0.25, 0.3) is 0 Å². The molecule has 1 aliphatic heterocycles. The van der Waals surface area contributed by atoms with Crippen LogP contribution in [0.1, 0.15) is 31.9 Å². The van der Waals surface area contributed by atoms with Crippen LogP contribution in [-0.4, -0.2) is 17.8 Å². The van der Waals surface area contributed by atoms with Gasteiger partial charge in [0.2, 0.25) is 0 Å². The molecule has 0 amide bonds. The van der Waals surface area contributed by atoms with Crippen LogP contribution in [0, 0.1) is 0 Å². The maximum Gasteiger partial charge on any atom is 0.129 e. The minimum Gasteiger partial charge on any atom is -0.491 e. The van der Waals surface area contributed by atoms with Crippen molar-refractivity contribution in [1.29, 1.82) is 0 Å². The summed E-state index contributed by atoms with van der Waals surface area (Å²) in [5.41, 5.74) is 0.853. The lowest BCUT2D eigenvalue weighted by Crippen LogP contribution is -2.09. The Bertz CT molecular complexity index is 349. The highest BCUT2D eigenvalue weighted by Gasteiger charge is 2.22. The van der Waals surface area contributed by atoms with E-state index in [1.807, 2.05) is 25.1 Å². The number of ether oxygens (including phenoxy) is 2. The number of fused-ring (bicyclic) bond motifs is 1. The molecule has 0 radical (unpaired) electrons. The van der Waals surface area contributed by atoms with Crippen molar-refractivity contribution in [3.05, 3.63) is 23.8 Å². The highest BCUT2D eigenvalue weighted by molar-refractivity contribution is 5.44. The van der Waals surface area contributed by atoms with Gasteiger partial charge in [0.15, 0.2) is 0 Å². The van der Waals surface area contributed by atoms with Crippen LogP contribution in [0.25, 0.3) is 0 Å². The van der Waals surface area contributed by atoms with E-state index in [0.717, 1.165) is 23.5 Å². The van der Waals surface area contributed by atoms with Crippen LogP contribution < -0.4 is 9.47 Å². The van der Waals surface area contributed by atoms with Gasteiger partial charge < -0.3 is 14.6 Å². The highest BCUT2D eigenvalue weighted by atomic mass is 16.5. The smallest absolute Gasteiger partial charge is 0.129 e. The van der Waals surface area contributed by atoms with Crippen LogP contribution in [0.2, 0.25) is 0 Å². The second kappa shape index (κ2) is 4.11. The number of aliphatic hydroxyl groups excluding tert-OH is 1. The van der Waals surface area contributed by atoms with Gasteiger partial charge in [-0.15, -0.1) is 0 Å². The SMILES string of the molecule is CCC(C)Oc1ccc2c(c1)OCC2O. The largest absolute Gasteiger partial charge is 0.491 e. The van der Waals surface area contributed by atoms with Crippen molar-refractivity contribution in [3.63, 3.8) is 0 Å². The maximum absolute atomic E-state index is 9.53. The molecule has 0 fully saturated rings. The summed E-state index contributed by atoms with van der Waals surface area (Å²) in [6, 6.07) is 5.59. The monoisotopic (exact) mass is 208 g/mol. The predicted molar refractivity (Wildman–Crippen MR) is 57.3 cm³/mol. The molecule has 0 saturated carbocycles. The Morgan fingerprint density at radius 2 is 2.40 bits per heavy atom. The van der Waals surface area contributed by atoms with E-state index in [4.69, 9.17) is 9.47 Å². The van der Waals surface area contributed by atoms with Gasteiger partial charge in [0.1, 0.15) is 24.2 Å². The fourth-order valence-corrected chi connectivity index (χ4v) is 1.56. The second-order valence-electron chi connectivity index (χ2n) is 3.86. The molecule has 2 rings (SSSR count). The molecule has 0 aliphatic carbocycles. The summed E-state index contributed by atoms with van der Waals surface area (Å²) in [6.45, 7) is 4.46. The minimum atomic E-state index is -0.488. The fourth-order valence-electron chi connectivity index (χ4n) is 1.56. The molecule has 1 heterocycles. The van der Waals surface area contributed by atoms with Crippen molar-refractivity contribution >= 4 is 0 Å². The summed E-state index contributed by atoms with van der Waals surface area (Å²) in [5, 5.41) is 9.53. The highest BCUT2D eigenvalue weighted by Crippen LogP contribution is 2.35. The topological polar surface area (TPSA) is 38.7 Å². The Kier molecular flexibility index (Phi) is 2.82. The second-order valence-corrected chi connectivity index (χ2v) is 3.86. The molecule has 1 aliphatic rings. The van der Waals surface area contributed by atoms with Crippen molar-refractivity contribution in [3.8, 4) is 11.5 Å². The van der Waals surface area contributed by atoms with E-state index in [1.165, 1.54) is 0 Å². The Morgan fingerprint density at radius 3 is 3.13 bits per heavy atom. The van der Waals surface area contributed by atoms with Crippen LogP contribution >= 0.6 is 0 Å². The first-order valence-electron chi connectivity index (χ1n) is 5.32. The molecule has 2 unspecified atom stereocenters. The van der Waals surface area contributed by atoms with E-state index in [2.05, 4.69) is 6.92 Å². The van der Waals surface area contributed by atoms with Gasteiger partial charge in [0, 0.05) is 11.6 Å². The van der Waals surface area contributed by atoms with Gasteiger partial charge >= 0.3 is 0 Å². The Hall–Kier alpha value is -1.22. The molecule has 0 bridgehead atoms. The van der Waals surface area contributed by atoms with E-state index in [0.29, 0.717) is 6.61 Å². The third-order valence-corrected chi connectivity index (χ3v) is 2.65. The zero-order chi connectivity index (χ0) is 10.8. The van der Waals surface area contributed by atoms with Gasteiger partial charge in [-0.05, 0) is 25.5 Å². The molecule has 15 heavy (non-hydrogen) atoms. The molecule has 0 aromatic heterocycles. The van der Waals surface area contributed by atoms with Gasteiger partial charge in [0.05, 0.1) is 6.10 Å². The fraction of sp³-hybridized carbons (Fsp3) is 0.500. The minimum absolute atomic E-state index is 0.203. The quantitative estimate of drug-likeness (QED) is 0.828. The first-order chi connectivity index (χ1) is 7.20. The lowest BCUT2D eigenvalue weighted by molar-refractivity contribution is 0.140. The first kappa shape index (κ1) is 10.3. The molecule has 82 valence electrons. The molecule has 1 aromatic rings. The van der Waals surface area contributed by atoms with Crippen molar-refractivity contribution in [1.82, 2.24) is 0 Å². The number of rotatable bonds is 3. The number of benzene rings is 1. The van der Waals surface area contributed by atoms with Crippen LogP contribution in [0.3, 0.4) is 0 Å². The average Bonchev–Trinajstić information content (AvgIpc) is 2.60. The van der Waals surface area contributed by atoms with Crippen LogP contribution in [-0.2, 0) is 0 Å². The summed E-state index contributed by atoms with van der Waals surface area (Å²) in [5.74, 6) is 1.54. The normalized spacial score (nSPS) is 20.6. The number of hydrogen-bond donors (Lipinski definition) is 1. The lowest BCUT2D eigenvalue weighted by Gasteiger charge is -2.13. The van der Waals surface area contributed by atoms with E-state index in [9.17, 15) is 5.11 Å². The Labute approximate surface area is 89.6 Å². The zero-order valence-corrected chi connectivity index (χ0v) is 9.06. The van der Waals surface area contributed by atoms with E-state index < -0.39 is 6.10 Å². The first-order valence-corrected chi connectivity index (χ1v) is 5.32. The molecule has 0 spiro atoms. The van der Waals surface area contributed by atoms with Gasteiger partial charge in [-0.25, -0.2) is 0 Å². The molecular formula is C12H16O3. The number of aliphatic hydroxyl groups is 1. The summed E-state index contributed by atoms with van der Waals surface area (Å²) in [6.07, 6.45) is 0.688.